The molecule has 1 aromatic carbocycles. The van der Waals surface area contributed by atoms with Gasteiger partial charge in [-0.05, 0) is 30.9 Å². The quantitative estimate of drug-likeness (QED) is 0.711. The van der Waals surface area contributed by atoms with Crippen LogP contribution in [0.3, 0.4) is 0 Å². The van der Waals surface area contributed by atoms with Gasteiger partial charge < -0.3 is 0 Å². The van der Waals surface area contributed by atoms with Crippen LogP contribution in [0.25, 0.3) is 0 Å². The van der Waals surface area contributed by atoms with Crippen molar-refractivity contribution < 1.29 is 18.0 Å². The van der Waals surface area contributed by atoms with Crippen molar-refractivity contribution in [3.63, 3.8) is 0 Å². The molecule has 1 aliphatic carbocycles. The second-order valence-electron chi connectivity index (χ2n) is 4.09. The lowest BCUT2D eigenvalue weighted by Gasteiger charge is -2.09. The van der Waals surface area contributed by atoms with Crippen molar-refractivity contribution in [3.8, 4) is 0 Å². The van der Waals surface area contributed by atoms with E-state index in [1.165, 1.54) is 6.07 Å². The third-order valence-electron chi connectivity index (χ3n) is 3.01. The molecule has 0 spiro atoms. The highest BCUT2D eigenvalue weighted by atomic mass is 19.2. The molecule has 0 saturated heterocycles. The van der Waals surface area contributed by atoms with E-state index < -0.39 is 17.5 Å². The molecule has 1 atom stereocenters. The molecular formula is C12H11F3O. The molecule has 1 saturated carbocycles. The van der Waals surface area contributed by atoms with E-state index in [0.717, 1.165) is 12.5 Å². The average Bonchev–Trinajstić information content (AvgIpc) is 2.65. The number of carbonyl (C=O) groups excluding carboxylic acids is 1. The number of hydrogen-bond acceptors (Lipinski definition) is 1. The van der Waals surface area contributed by atoms with E-state index in [2.05, 4.69) is 0 Å². The van der Waals surface area contributed by atoms with Gasteiger partial charge in [0, 0.05) is 12.3 Å². The number of halogens is 3. The molecule has 0 heterocycles. The molecule has 0 bridgehead atoms. The molecule has 0 N–H and O–H groups in total. The highest BCUT2D eigenvalue weighted by Gasteiger charge is 2.26. The van der Waals surface area contributed by atoms with E-state index in [4.69, 9.17) is 0 Å². The smallest absolute Gasteiger partial charge is 0.194 e. The first-order valence-electron chi connectivity index (χ1n) is 5.24. The van der Waals surface area contributed by atoms with Gasteiger partial charge in [0.25, 0.3) is 0 Å². The van der Waals surface area contributed by atoms with Gasteiger partial charge in [0.1, 0.15) is 5.78 Å². The van der Waals surface area contributed by atoms with Crippen LogP contribution in [0.1, 0.15) is 24.8 Å². The van der Waals surface area contributed by atoms with Gasteiger partial charge in [-0.25, -0.2) is 13.2 Å². The highest BCUT2D eigenvalue weighted by Crippen LogP contribution is 2.27. The first-order chi connectivity index (χ1) is 7.59. The van der Waals surface area contributed by atoms with Crippen LogP contribution in [0.2, 0.25) is 0 Å². The Bertz CT molecular complexity index is 429. The average molecular weight is 228 g/mol. The highest BCUT2D eigenvalue weighted by molar-refractivity contribution is 5.83. The third kappa shape index (κ3) is 1.96. The molecular weight excluding hydrogens is 217 g/mol. The van der Waals surface area contributed by atoms with Crippen LogP contribution < -0.4 is 0 Å². The number of rotatable bonds is 2. The summed E-state index contributed by atoms with van der Waals surface area (Å²) in [5.74, 6) is -3.97. The van der Waals surface area contributed by atoms with E-state index in [-0.39, 0.29) is 23.7 Å². The third-order valence-corrected chi connectivity index (χ3v) is 3.01. The van der Waals surface area contributed by atoms with Crippen LogP contribution in [0.4, 0.5) is 13.2 Å². The maximum absolute atomic E-state index is 13.3. The second kappa shape index (κ2) is 4.28. The molecule has 2 rings (SSSR count). The van der Waals surface area contributed by atoms with Crippen LogP contribution in [-0.2, 0) is 11.2 Å². The first kappa shape index (κ1) is 11.2. The van der Waals surface area contributed by atoms with Crippen molar-refractivity contribution in [2.24, 2.45) is 5.92 Å². The van der Waals surface area contributed by atoms with Crippen LogP contribution in [0.5, 0.6) is 0 Å². The zero-order valence-corrected chi connectivity index (χ0v) is 8.60. The number of hydrogen-bond donors (Lipinski definition) is 0. The Morgan fingerprint density at radius 1 is 1.19 bits per heavy atom. The Balaban J connectivity index is 2.22. The summed E-state index contributed by atoms with van der Waals surface area (Å²) in [6.45, 7) is 0. The Morgan fingerprint density at radius 3 is 2.56 bits per heavy atom. The molecule has 0 amide bonds. The van der Waals surface area contributed by atoms with Crippen LogP contribution in [0, 0.1) is 23.4 Å². The van der Waals surface area contributed by atoms with Crippen molar-refractivity contribution in [2.75, 3.05) is 0 Å². The molecule has 4 heteroatoms. The summed E-state index contributed by atoms with van der Waals surface area (Å²) in [5, 5.41) is 0. The van der Waals surface area contributed by atoms with Gasteiger partial charge in [-0.2, -0.15) is 0 Å². The molecule has 0 aliphatic heterocycles. The lowest BCUT2D eigenvalue weighted by molar-refractivity contribution is -0.120. The minimum Gasteiger partial charge on any atom is -0.299 e. The number of Topliss-reactive ketones (excluding diaryl/α,β-unsaturated/α-hetero) is 1. The second-order valence-corrected chi connectivity index (χ2v) is 4.09. The summed E-state index contributed by atoms with van der Waals surface area (Å²) in [6, 6.07) is 2.10. The van der Waals surface area contributed by atoms with Gasteiger partial charge in [-0.15, -0.1) is 0 Å². The van der Waals surface area contributed by atoms with Gasteiger partial charge >= 0.3 is 0 Å². The standard InChI is InChI=1S/C12H11F3O/c13-9-5-4-8(11(14)12(9)15)6-7-2-1-3-10(7)16/h4-5,7H,1-3,6H2. The van der Waals surface area contributed by atoms with Gasteiger partial charge in [0.05, 0.1) is 0 Å². The van der Waals surface area contributed by atoms with E-state index in [9.17, 15) is 18.0 Å². The van der Waals surface area contributed by atoms with Crippen molar-refractivity contribution in [1.82, 2.24) is 0 Å². The zero-order chi connectivity index (χ0) is 11.7. The first-order valence-corrected chi connectivity index (χ1v) is 5.24. The summed E-state index contributed by atoms with van der Waals surface area (Å²) >= 11 is 0. The fourth-order valence-corrected chi connectivity index (χ4v) is 2.09. The molecule has 1 aromatic rings. The molecule has 1 fully saturated rings. The monoisotopic (exact) mass is 228 g/mol. The van der Waals surface area contributed by atoms with Crippen molar-refractivity contribution >= 4 is 5.78 Å². The Hall–Kier alpha value is -1.32. The molecule has 1 aliphatic rings. The van der Waals surface area contributed by atoms with Gasteiger partial charge in [0.15, 0.2) is 17.5 Å². The fraction of sp³-hybridized carbons (Fsp3) is 0.417. The lowest BCUT2D eigenvalue weighted by atomic mass is 9.97. The maximum Gasteiger partial charge on any atom is 0.194 e. The lowest BCUT2D eigenvalue weighted by Crippen LogP contribution is -2.11. The Kier molecular flexibility index (Phi) is 2.99. The molecule has 1 nitrogen and oxygen atoms in total. The summed E-state index contributed by atoms with van der Waals surface area (Å²) in [5.41, 5.74) is 0.0825. The minimum absolute atomic E-state index is 0.0825. The molecule has 0 aromatic heterocycles. The van der Waals surface area contributed by atoms with Gasteiger partial charge in [0.2, 0.25) is 0 Å². The Labute approximate surface area is 91.3 Å². The van der Waals surface area contributed by atoms with E-state index >= 15 is 0 Å². The molecule has 0 radical (unpaired) electrons. The predicted molar refractivity (Wildman–Crippen MR) is 52.4 cm³/mol. The van der Waals surface area contributed by atoms with Crippen LogP contribution in [-0.4, -0.2) is 5.78 Å². The SMILES string of the molecule is O=C1CCCC1Cc1ccc(F)c(F)c1F. The molecule has 16 heavy (non-hydrogen) atoms. The largest absolute Gasteiger partial charge is 0.299 e. The fourth-order valence-electron chi connectivity index (χ4n) is 2.09. The minimum atomic E-state index is -1.46. The van der Waals surface area contributed by atoms with Crippen LogP contribution >= 0.6 is 0 Å². The molecule has 86 valence electrons. The van der Waals surface area contributed by atoms with E-state index in [0.29, 0.717) is 12.8 Å². The maximum atomic E-state index is 13.3. The van der Waals surface area contributed by atoms with Crippen molar-refractivity contribution in [2.45, 2.75) is 25.7 Å². The summed E-state index contributed by atoms with van der Waals surface area (Å²) in [7, 11) is 0. The number of benzene rings is 1. The normalized spacial score (nSPS) is 20.4. The summed E-state index contributed by atoms with van der Waals surface area (Å²) in [6.07, 6.45) is 2.18. The zero-order valence-electron chi connectivity index (χ0n) is 8.60. The predicted octanol–water partition coefficient (Wildman–Crippen LogP) is 3.02. The topological polar surface area (TPSA) is 17.1 Å². The summed E-state index contributed by atoms with van der Waals surface area (Å²) < 4.78 is 38.9. The van der Waals surface area contributed by atoms with E-state index in [1.807, 2.05) is 0 Å². The van der Waals surface area contributed by atoms with Crippen molar-refractivity contribution in [1.29, 1.82) is 0 Å². The number of ketones is 1. The van der Waals surface area contributed by atoms with Crippen LogP contribution in [0.15, 0.2) is 12.1 Å². The van der Waals surface area contributed by atoms with Crippen molar-refractivity contribution in [3.05, 3.63) is 35.1 Å². The van der Waals surface area contributed by atoms with Gasteiger partial charge in [-0.3, -0.25) is 4.79 Å². The van der Waals surface area contributed by atoms with Gasteiger partial charge in [-0.1, -0.05) is 6.07 Å². The Morgan fingerprint density at radius 2 is 1.94 bits per heavy atom. The molecule has 1 unspecified atom stereocenters. The summed E-state index contributed by atoms with van der Waals surface area (Å²) in [4.78, 5) is 11.4. The number of carbonyl (C=O) groups is 1. The van der Waals surface area contributed by atoms with E-state index in [1.54, 1.807) is 0 Å².